The van der Waals surface area contributed by atoms with E-state index in [4.69, 9.17) is 5.26 Å². The minimum atomic E-state index is -0.134. The largest absolute Gasteiger partial charge is 0.340 e. The molecule has 0 N–H and O–H groups in total. The van der Waals surface area contributed by atoms with E-state index >= 15 is 0 Å². The van der Waals surface area contributed by atoms with Crippen LogP contribution in [0.25, 0.3) is 0 Å². The fourth-order valence-corrected chi connectivity index (χ4v) is 1.31. The smallest absolute Gasteiger partial charge is 0.272 e. The molecule has 4 nitrogen and oxygen atoms in total. The fourth-order valence-electron chi connectivity index (χ4n) is 1.31. The Kier molecular flexibility index (Phi) is 4.46. The maximum absolute atomic E-state index is 11.9. The van der Waals surface area contributed by atoms with Crippen molar-refractivity contribution in [3.8, 4) is 6.07 Å². The summed E-state index contributed by atoms with van der Waals surface area (Å²) in [5, 5.41) is 8.72. The van der Waals surface area contributed by atoms with E-state index in [1.54, 1.807) is 18.0 Å². The zero-order chi connectivity index (χ0) is 12.0. The van der Waals surface area contributed by atoms with E-state index in [-0.39, 0.29) is 5.91 Å². The zero-order valence-electron chi connectivity index (χ0n) is 9.60. The second kappa shape index (κ2) is 5.86. The molecule has 4 heteroatoms. The molecule has 1 aromatic heterocycles. The van der Waals surface area contributed by atoms with E-state index < -0.39 is 0 Å². The van der Waals surface area contributed by atoms with Gasteiger partial charge < -0.3 is 4.90 Å². The highest BCUT2D eigenvalue weighted by Gasteiger charge is 2.12. The first kappa shape index (κ1) is 12.2. The number of nitriles is 1. The molecule has 0 bridgehead atoms. The van der Waals surface area contributed by atoms with Crippen molar-refractivity contribution in [2.75, 3.05) is 13.6 Å². The van der Waals surface area contributed by atoms with Gasteiger partial charge in [0.1, 0.15) is 5.69 Å². The number of rotatable bonds is 4. The minimum Gasteiger partial charge on any atom is -0.340 e. The number of carbonyl (C=O) groups excluding carboxylic acids is 1. The van der Waals surface area contributed by atoms with Gasteiger partial charge in [0, 0.05) is 19.8 Å². The van der Waals surface area contributed by atoms with Gasteiger partial charge in [-0.3, -0.25) is 9.78 Å². The Morgan fingerprint density at radius 3 is 3.00 bits per heavy atom. The summed E-state index contributed by atoms with van der Waals surface area (Å²) in [6.07, 6.45) is 3.50. The molecule has 0 fully saturated rings. The molecule has 1 amide bonds. The quantitative estimate of drug-likeness (QED) is 0.773. The Morgan fingerprint density at radius 1 is 1.62 bits per heavy atom. The summed E-state index contributed by atoms with van der Waals surface area (Å²) in [4.78, 5) is 17.5. The second-order valence-electron chi connectivity index (χ2n) is 3.62. The first-order chi connectivity index (χ1) is 7.69. The molecule has 0 atom stereocenters. The zero-order valence-corrected chi connectivity index (χ0v) is 9.60. The lowest BCUT2D eigenvalue weighted by Crippen LogP contribution is -2.28. The number of nitrogens with zero attached hydrogens (tertiary/aromatic N) is 3. The highest BCUT2D eigenvalue weighted by molar-refractivity contribution is 5.92. The van der Waals surface area contributed by atoms with E-state index in [0.29, 0.717) is 17.8 Å². The van der Waals surface area contributed by atoms with Crippen LogP contribution in [-0.2, 0) is 0 Å². The lowest BCUT2D eigenvalue weighted by molar-refractivity contribution is 0.0787. The summed E-state index contributed by atoms with van der Waals surface area (Å²) in [6.45, 7) is 2.79. The summed E-state index contributed by atoms with van der Waals surface area (Å²) < 4.78 is 0. The Labute approximate surface area is 95.5 Å². The van der Waals surface area contributed by atoms with E-state index in [2.05, 4.69) is 11.9 Å². The Hall–Kier alpha value is -1.89. The Balaban J connectivity index is 2.76. The Bertz CT molecular complexity index is 409. The summed E-state index contributed by atoms with van der Waals surface area (Å²) >= 11 is 0. The van der Waals surface area contributed by atoms with Crippen molar-refractivity contribution in [2.24, 2.45) is 0 Å². The number of pyridine rings is 1. The van der Waals surface area contributed by atoms with Crippen LogP contribution in [0.15, 0.2) is 18.3 Å². The van der Waals surface area contributed by atoms with Crippen molar-refractivity contribution in [1.29, 1.82) is 5.26 Å². The van der Waals surface area contributed by atoms with Crippen molar-refractivity contribution < 1.29 is 4.79 Å². The van der Waals surface area contributed by atoms with E-state index in [1.807, 2.05) is 6.07 Å². The van der Waals surface area contributed by atoms with Gasteiger partial charge in [-0.15, -0.1) is 0 Å². The summed E-state index contributed by atoms with van der Waals surface area (Å²) in [7, 11) is 1.75. The topological polar surface area (TPSA) is 57.0 Å². The number of aromatic nitrogens is 1. The van der Waals surface area contributed by atoms with Crippen LogP contribution in [0.3, 0.4) is 0 Å². The number of hydrogen-bond donors (Lipinski definition) is 0. The molecule has 16 heavy (non-hydrogen) atoms. The maximum Gasteiger partial charge on any atom is 0.272 e. The van der Waals surface area contributed by atoms with E-state index in [9.17, 15) is 4.79 Å². The molecule has 0 aliphatic rings. The van der Waals surface area contributed by atoms with E-state index in [0.717, 1.165) is 12.8 Å². The van der Waals surface area contributed by atoms with Crippen molar-refractivity contribution in [3.05, 3.63) is 29.6 Å². The van der Waals surface area contributed by atoms with Gasteiger partial charge in [0.2, 0.25) is 0 Å². The van der Waals surface area contributed by atoms with Gasteiger partial charge in [-0.25, -0.2) is 0 Å². The predicted molar refractivity (Wildman–Crippen MR) is 60.8 cm³/mol. The molecule has 1 rings (SSSR count). The molecule has 1 aromatic rings. The van der Waals surface area contributed by atoms with Crippen LogP contribution in [0.4, 0.5) is 0 Å². The highest BCUT2D eigenvalue weighted by atomic mass is 16.2. The van der Waals surface area contributed by atoms with Gasteiger partial charge in [0.15, 0.2) is 0 Å². The van der Waals surface area contributed by atoms with E-state index in [1.165, 1.54) is 12.3 Å². The Morgan fingerprint density at radius 2 is 2.38 bits per heavy atom. The third-order valence-corrected chi connectivity index (χ3v) is 2.30. The maximum atomic E-state index is 11.9. The molecular formula is C12H15N3O. The van der Waals surface area contributed by atoms with Crippen LogP contribution in [-0.4, -0.2) is 29.4 Å². The second-order valence-corrected chi connectivity index (χ2v) is 3.62. The number of unbranched alkanes of at least 4 members (excludes halogenated alkanes) is 1. The molecule has 0 spiro atoms. The molecule has 0 aliphatic carbocycles. The van der Waals surface area contributed by atoms with Crippen LogP contribution in [0.5, 0.6) is 0 Å². The SMILES string of the molecule is CCCCN(C)C(=O)c1cc(C#N)ccn1. The van der Waals surface area contributed by atoms with Crippen molar-refractivity contribution in [3.63, 3.8) is 0 Å². The monoisotopic (exact) mass is 217 g/mol. The lowest BCUT2D eigenvalue weighted by Gasteiger charge is -2.15. The molecule has 0 aromatic carbocycles. The summed E-state index contributed by atoms with van der Waals surface area (Å²) in [5.41, 5.74) is 0.792. The van der Waals surface area contributed by atoms with Crippen molar-refractivity contribution in [2.45, 2.75) is 19.8 Å². The molecule has 0 aliphatic heterocycles. The van der Waals surface area contributed by atoms with Gasteiger partial charge in [-0.2, -0.15) is 5.26 Å². The molecule has 0 saturated carbocycles. The first-order valence-electron chi connectivity index (χ1n) is 5.30. The molecule has 0 saturated heterocycles. The third kappa shape index (κ3) is 3.06. The average molecular weight is 217 g/mol. The van der Waals surface area contributed by atoms with Gasteiger partial charge in [-0.1, -0.05) is 13.3 Å². The van der Waals surface area contributed by atoms with Gasteiger partial charge in [0.05, 0.1) is 11.6 Å². The van der Waals surface area contributed by atoms with Crippen LogP contribution in [0.2, 0.25) is 0 Å². The van der Waals surface area contributed by atoms with Crippen molar-refractivity contribution >= 4 is 5.91 Å². The minimum absolute atomic E-state index is 0.134. The third-order valence-electron chi connectivity index (χ3n) is 2.30. The summed E-state index contributed by atoms with van der Waals surface area (Å²) in [6, 6.07) is 5.10. The van der Waals surface area contributed by atoms with Crippen LogP contribution in [0.1, 0.15) is 35.8 Å². The molecule has 0 radical (unpaired) electrons. The normalized spacial score (nSPS) is 9.56. The fraction of sp³-hybridized carbons (Fsp3) is 0.417. The average Bonchev–Trinajstić information content (AvgIpc) is 2.35. The van der Waals surface area contributed by atoms with Gasteiger partial charge >= 0.3 is 0 Å². The van der Waals surface area contributed by atoms with Crippen LogP contribution >= 0.6 is 0 Å². The lowest BCUT2D eigenvalue weighted by atomic mass is 10.2. The standard InChI is InChI=1S/C12H15N3O/c1-3-4-7-15(2)12(16)11-8-10(9-13)5-6-14-11/h5-6,8H,3-4,7H2,1-2H3. The number of amides is 1. The van der Waals surface area contributed by atoms with Crippen molar-refractivity contribution in [1.82, 2.24) is 9.88 Å². The van der Waals surface area contributed by atoms with Gasteiger partial charge in [-0.05, 0) is 18.6 Å². The number of hydrogen-bond acceptors (Lipinski definition) is 3. The van der Waals surface area contributed by atoms with Gasteiger partial charge in [0.25, 0.3) is 5.91 Å². The molecule has 1 heterocycles. The first-order valence-corrected chi connectivity index (χ1v) is 5.30. The number of carbonyl (C=O) groups is 1. The van der Waals surface area contributed by atoms with Crippen LogP contribution < -0.4 is 0 Å². The van der Waals surface area contributed by atoms with Crippen LogP contribution in [0, 0.1) is 11.3 Å². The molecule has 84 valence electrons. The molecule has 0 unspecified atom stereocenters. The predicted octanol–water partition coefficient (Wildman–Crippen LogP) is 1.83. The molecular weight excluding hydrogens is 202 g/mol. The summed E-state index contributed by atoms with van der Waals surface area (Å²) in [5.74, 6) is -0.134. The highest BCUT2D eigenvalue weighted by Crippen LogP contribution is 2.04.